The number of H-pyrrole nitrogens is 2. The number of rotatable bonds is 7. The summed E-state index contributed by atoms with van der Waals surface area (Å²) in [6.07, 6.45) is 6.57. The molecule has 0 aliphatic rings. The summed E-state index contributed by atoms with van der Waals surface area (Å²) in [6, 6.07) is 0. The van der Waals surface area contributed by atoms with Gasteiger partial charge >= 0.3 is 11.2 Å². The van der Waals surface area contributed by atoms with Crippen LogP contribution in [0.15, 0.2) is 24.8 Å². The van der Waals surface area contributed by atoms with Gasteiger partial charge in [-0.05, 0) is 6.42 Å². The predicted molar refractivity (Wildman–Crippen MR) is 83.8 cm³/mol. The van der Waals surface area contributed by atoms with Gasteiger partial charge in [0.1, 0.15) is 0 Å². The quantitative estimate of drug-likeness (QED) is 0.394. The van der Waals surface area contributed by atoms with Crippen LogP contribution in [0, 0.1) is 20.8 Å². The van der Waals surface area contributed by atoms with E-state index in [9.17, 15) is 25.6 Å². The average molecular weight is 339 g/mol. The molecular weight excluding hydrogens is 322 g/mol. The third-order valence-corrected chi connectivity index (χ3v) is 3.30. The van der Waals surface area contributed by atoms with Gasteiger partial charge in [0.05, 0.1) is 44.3 Å². The first kappa shape index (κ1) is 17.1. The minimum atomic E-state index is -0.557. The van der Waals surface area contributed by atoms with Crippen molar-refractivity contribution in [3.63, 3.8) is 0 Å². The monoisotopic (exact) mass is 339 g/mol. The Bertz CT molecular complexity index is 804. The highest BCUT2D eigenvalue weighted by molar-refractivity contribution is 5.75. The van der Waals surface area contributed by atoms with E-state index in [4.69, 9.17) is 0 Å². The summed E-state index contributed by atoms with van der Waals surface area (Å²) in [5.74, 6) is -0.244. The van der Waals surface area contributed by atoms with Crippen LogP contribution < -0.4 is 26.4 Å². The molecule has 12 nitrogen and oxygen atoms in total. The lowest BCUT2D eigenvalue weighted by molar-refractivity contribution is -0.121. The zero-order valence-corrected chi connectivity index (χ0v) is 12.7. The van der Waals surface area contributed by atoms with Crippen LogP contribution in [0.1, 0.15) is 12.8 Å². The summed E-state index contributed by atoms with van der Waals surface area (Å²) in [5.41, 5.74) is -0.295. The molecule has 2 rings (SSSR count). The van der Waals surface area contributed by atoms with Gasteiger partial charge in [0, 0.05) is 6.54 Å². The van der Waals surface area contributed by atoms with Gasteiger partial charge in [0.15, 0.2) is 0 Å². The van der Waals surface area contributed by atoms with E-state index in [-0.39, 0.29) is 30.1 Å². The maximum atomic E-state index is 11.7. The Kier molecular flexibility index (Phi) is 5.54. The molecule has 3 N–H and O–H groups in total. The molecule has 0 aromatic carbocycles. The first-order chi connectivity index (χ1) is 11.5. The van der Waals surface area contributed by atoms with E-state index in [1.54, 1.807) is 6.20 Å². The molecule has 0 aliphatic heterocycles. The summed E-state index contributed by atoms with van der Waals surface area (Å²) in [4.78, 5) is 15.7. The van der Waals surface area contributed by atoms with Crippen molar-refractivity contribution in [2.75, 3.05) is 6.54 Å². The van der Waals surface area contributed by atoms with Crippen LogP contribution >= 0.6 is 0 Å². The van der Waals surface area contributed by atoms with Gasteiger partial charge in [-0.25, -0.2) is 19.1 Å². The van der Waals surface area contributed by atoms with Crippen molar-refractivity contribution in [2.24, 2.45) is 0 Å². The molecule has 2 aromatic heterocycles. The lowest BCUT2D eigenvalue weighted by atomic mass is 10.3. The topological polar surface area (TPSA) is 169 Å². The lowest BCUT2D eigenvalue weighted by Crippen LogP contribution is -2.33. The minimum Gasteiger partial charge on any atom is -0.744 e. The zero-order valence-electron chi connectivity index (χ0n) is 12.7. The Labute approximate surface area is 135 Å². The van der Waals surface area contributed by atoms with Crippen molar-refractivity contribution >= 4 is 5.91 Å². The number of nitrogens with zero attached hydrogens (tertiary/aromatic N) is 4. The SMILES string of the molecule is O=C(CCn1cc[nH]c1=[N+]([O-])[O-])NCCCn1cc[nH]c1=[N+]([O-])[O-]. The van der Waals surface area contributed by atoms with Crippen molar-refractivity contribution in [1.29, 1.82) is 0 Å². The van der Waals surface area contributed by atoms with Gasteiger partial charge in [0.2, 0.25) is 5.91 Å². The van der Waals surface area contributed by atoms with E-state index in [0.717, 1.165) is 0 Å². The summed E-state index contributed by atoms with van der Waals surface area (Å²) >= 11 is 0. The summed E-state index contributed by atoms with van der Waals surface area (Å²) in [5, 5.41) is 45.6. The molecule has 12 heteroatoms. The fourth-order valence-corrected chi connectivity index (χ4v) is 2.17. The molecule has 0 atom stereocenters. The number of hydrogen-bond donors (Lipinski definition) is 3. The molecule has 0 bridgehead atoms. The molecule has 0 radical (unpaired) electrons. The van der Waals surface area contributed by atoms with Crippen molar-refractivity contribution in [1.82, 2.24) is 34.2 Å². The normalized spacial score (nSPS) is 10.5. The standard InChI is InChI=1S/C12H17N7O5/c20-10(2-7-17-9-5-15-12(17)19(23)24)13-3-1-6-16-8-4-14-11(16)18(21)22/h4-5,8-9,14-15H,1-3,6-7H2,(H-2,13,20,21,22,23,24)/q-2. The van der Waals surface area contributed by atoms with Crippen LogP contribution in [0.3, 0.4) is 0 Å². The third-order valence-electron chi connectivity index (χ3n) is 3.30. The van der Waals surface area contributed by atoms with Gasteiger partial charge < -0.3 is 26.1 Å². The fourth-order valence-electron chi connectivity index (χ4n) is 2.17. The summed E-state index contributed by atoms with van der Waals surface area (Å²) < 4.78 is 2.80. The highest BCUT2D eigenvalue weighted by atomic mass is 16.8. The molecule has 0 spiro atoms. The summed E-state index contributed by atoms with van der Waals surface area (Å²) in [7, 11) is 0. The van der Waals surface area contributed by atoms with Gasteiger partial charge in [-0.2, -0.15) is 0 Å². The molecule has 2 heterocycles. The Balaban J connectivity index is 1.74. The van der Waals surface area contributed by atoms with Crippen molar-refractivity contribution in [3.05, 3.63) is 56.9 Å². The molecule has 0 aliphatic carbocycles. The second kappa shape index (κ2) is 7.80. The number of aromatic amines is 2. The second-order valence-corrected chi connectivity index (χ2v) is 4.92. The number of aryl methyl sites for hydroxylation is 2. The first-order valence-corrected chi connectivity index (χ1v) is 7.18. The van der Waals surface area contributed by atoms with E-state index in [0.29, 0.717) is 19.5 Å². The van der Waals surface area contributed by atoms with Crippen LogP contribution in [0.5, 0.6) is 0 Å². The number of nitrogens with one attached hydrogen (secondary N) is 3. The fraction of sp³-hybridized carbons (Fsp3) is 0.417. The predicted octanol–water partition coefficient (Wildman–Crippen LogP) is -1.92. The number of aromatic nitrogens is 4. The minimum absolute atomic E-state index is 0.0980. The van der Waals surface area contributed by atoms with Crippen LogP contribution in [-0.4, -0.2) is 31.6 Å². The number of carbonyl (C=O) groups excluding carboxylic acids is 1. The number of carbonyl (C=O) groups is 1. The molecule has 1 amide bonds. The van der Waals surface area contributed by atoms with E-state index in [1.165, 1.54) is 27.7 Å². The largest absolute Gasteiger partial charge is 0.744 e. The molecule has 2 aromatic rings. The molecule has 132 valence electrons. The average Bonchev–Trinajstić information content (AvgIpc) is 3.18. The van der Waals surface area contributed by atoms with Crippen LogP contribution in [-0.2, 0) is 17.9 Å². The molecule has 24 heavy (non-hydrogen) atoms. The maximum Gasteiger partial charge on any atom is 0.358 e. The van der Waals surface area contributed by atoms with E-state index < -0.39 is 9.80 Å². The van der Waals surface area contributed by atoms with E-state index in [1.807, 2.05) is 0 Å². The highest BCUT2D eigenvalue weighted by Gasteiger charge is 2.07. The van der Waals surface area contributed by atoms with Crippen molar-refractivity contribution in [2.45, 2.75) is 25.9 Å². The number of imidazole rings is 2. The molecule has 0 unspecified atom stereocenters. The second-order valence-electron chi connectivity index (χ2n) is 4.92. The van der Waals surface area contributed by atoms with E-state index >= 15 is 0 Å². The Morgan fingerprint density at radius 1 is 1.00 bits per heavy atom. The number of hydrogen-bond acceptors (Lipinski definition) is 5. The van der Waals surface area contributed by atoms with Gasteiger partial charge in [-0.1, -0.05) is 0 Å². The lowest BCUT2D eigenvalue weighted by Gasteiger charge is -2.12. The molecule has 0 saturated heterocycles. The molecule has 0 fully saturated rings. The van der Waals surface area contributed by atoms with Crippen molar-refractivity contribution < 1.29 is 4.79 Å². The Hall–Kier alpha value is -3.31. The van der Waals surface area contributed by atoms with Crippen LogP contribution in [0.4, 0.5) is 0 Å². The number of amides is 1. The highest BCUT2D eigenvalue weighted by Crippen LogP contribution is 1.89. The Morgan fingerprint density at radius 2 is 1.54 bits per heavy atom. The van der Waals surface area contributed by atoms with Gasteiger partial charge in [-0.3, -0.25) is 14.6 Å². The van der Waals surface area contributed by atoms with E-state index in [2.05, 4.69) is 15.3 Å². The third kappa shape index (κ3) is 4.34. The summed E-state index contributed by atoms with van der Waals surface area (Å²) in [6.45, 7) is 0.926. The first-order valence-electron chi connectivity index (χ1n) is 7.18. The van der Waals surface area contributed by atoms with Crippen molar-refractivity contribution in [3.8, 4) is 0 Å². The maximum absolute atomic E-state index is 11.7. The Morgan fingerprint density at radius 3 is 2.08 bits per heavy atom. The smallest absolute Gasteiger partial charge is 0.358 e. The van der Waals surface area contributed by atoms with Crippen LogP contribution in [0.25, 0.3) is 0 Å². The molecule has 0 saturated carbocycles. The zero-order chi connectivity index (χ0) is 17.5. The van der Waals surface area contributed by atoms with Gasteiger partial charge in [0.25, 0.3) is 0 Å². The van der Waals surface area contributed by atoms with Crippen LogP contribution in [0.2, 0.25) is 0 Å². The molecular formula is C12H17N7O5-2. The van der Waals surface area contributed by atoms with Gasteiger partial charge in [-0.15, -0.1) is 0 Å².